The second-order valence-corrected chi connectivity index (χ2v) is 16.4. The topological polar surface area (TPSA) is 103 Å². The van der Waals surface area contributed by atoms with Crippen LogP contribution in [0.25, 0.3) is 0 Å². The maximum absolute atomic E-state index is 14.5. The van der Waals surface area contributed by atoms with E-state index in [-0.39, 0.29) is 6.61 Å². The number of hydrogen-bond donors (Lipinski definition) is 2. The minimum Gasteiger partial charge on any atom is -0.407 e. The second-order valence-electron chi connectivity index (χ2n) is 12.3. The summed E-state index contributed by atoms with van der Waals surface area (Å²) in [7, 11) is -2.58. The summed E-state index contributed by atoms with van der Waals surface area (Å²) in [5.74, 6) is -1.15. The molecule has 242 valence electrons. The van der Waals surface area contributed by atoms with E-state index in [2.05, 4.69) is 0 Å². The summed E-state index contributed by atoms with van der Waals surface area (Å²) in [5, 5.41) is 11.8. The number of benzene rings is 4. The molecule has 1 aliphatic heterocycles. The van der Waals surface area contributed by atoms with Gasteiger partial charge in [0.25, 0.3) is 5.56 Å². The second kappa shape index (κ2) is 13.7. The molecule has 8 nitrogen and oxygen atoms in total. The molecule has 0 amide bonds. The van der Waals surface area contributed by atoms with Crippen LogP contribution in [0, 0.1) is 5.82 Å². The van der Waals surface area contributed by atoms with Crippen LogP contribution in [0.3, 0.4) is 0 Å². The number of nitrogens with one attached hydrogen (secondary N) is 1. The molecule has 0 aliphatic carbocycles. The van der Waals surface area contributed by atoms with E-state index < -0.39 is 55.5 Å². The molecule has 5 aromatic rings. The number of hydrogen-bond acceptors (Lipinski definition) is 6. The molecule has 2 unspecified atom stereocenters. The van der Waals surface area contributed by atoms with Crippen molar-refractivity contribution in [1.82, 2.24) is 9.55 Å². The van der Waals surface area contributed by atoms with Crippen LogP contribution < -0.4 is 11.2 Å². The normalized spacial score (nSPS) is 19.9. The molecule has 1 aromatic heterocycles. The van der Waals surface area contributed by atoms with Crippen LogP contribution in [-0.4, -0.2) is 47.9 Å². The van der Waals surface area contributed by atoms with Gasteiger partial charge in [0.05, 0.1) is 12.8 Å². The van der Waals surface area contributed by atoms with Gasteiger partial charge in [-0.25, -0.2) is 4.79 Å². The van der Waals surface area contributed by atoms with Gasteiger partial charge >= 0.3 is 5.69 Å². The van der Waals surface area contributed by atoms with Gasteiger partial charge in [-0.3, -0.25) is 14.3 Å². The van der Waals surface area contributed by atoms with Gasteiger partial charge in [0, 0.05) is 0 Å². The molecule has 1 aliphatic rings. The SMILES string of the molecule is C[Si](C)(Cc1ccccc1)OC1C(O)[C@H](COC(c2ccccc2)(c2ccccc2)c2ccccc2)O[C@@H]1n1cc(F)c(=O)[nH]c1=O. The van der Waals surface area contributed by atoms with Gasteiger partial charge in [0.2, 0.25) is 5.82 Å². The summed E-state index contributed by atoms with van der Waals surface area (Å²) in [6.45, 7) is 3.90. The summed E-state index contributed by atoms with van der Waals surface area (Å²) in [6, 6.07) is 39.8. The Labute approximate surface area is 273 Å². The molecule has 6 rings (SSSR count). The summed E-state index contributed by atoms with van der Waals surface area (Å²) in [6.07, 6.45) is -3.74. The predicted molar refractivity (Wildman–Crippen MR) is 179 cm³/mol. The Kier molecular flexibility index (Phi) is 9.49. The zero-order valence-corrected chi connectivity index (χ0v) is 27.2. The number of halogens is 1. The van der Waals surface area contributed by atoms with E-state index in [0.29, 0.717) is 6.04 Å². The molecule has 0 spiro atoms. The van der Waals surface area contributed by atoms with Crippen LogP contribution in [0.4, 0.5) is 4.39 Å². The van der Waals surface area contributed by atoms with E-state index >= 15 is 0 Å². The molecule has 0 saturated carbocycles. The van der Waals surface area contributed by atoms with E-state index in [4.69, 9.17) is 13.9 Å². The van der Waals surface area contributed by atoms with Crippen LogP contribution in [-0.2, 0) is 25.5 Å². The fraction of sp³-hybridized carbons (Fsp3) is 0.243. The van der Waals surface area contributed by atoms with Crippen LogP contribution in [0.15, 0.2) is 137 Å². The van der Waals surface area contributed by atoms with Crippen molar-refractivity contribution in [2.24, 2.45) is 0 Å². The Morgan fingerprint density at radius 1 is 0.830 bits per heavy atom. The Morgan fingerprint density at radius 2 is 1.32 bits per heavy atom. The molecule has 47 heavy (non-hydrogen) atoms. The zero-order valence-electron chi connectivity index (χ0n) is 26.2. The number of H-pyrrole nitrogens is 1. The van der Waals surface area contributed by atoms with E-state index in [1.165, 1.54) is 0 Å². The maximum Gasteiger partial charge on any atom is 0.330 e. The molecule has 1 saturated heterocycles. The monoisotopic (exact) mass is 652 g/mol. The number of aromatic nitrogens is 2. The van der Waals surface area contributed by atoms with Gasteiger partial charge in [-0.1, -0.05) is 121 Å². The number of aliphatic hydroxyl groups is 1. The average molecular weight is 653 g/mol. The summed E-state index contributed by atoms with van der Waals surface area (Å²) in [5.41, 5.74) is 0.555. The third-order valence-electron chi connectivity index (χ3n) is 8.44. The minimum atomic E-state index is -2.58. The molecule has 0 bridgehead atoms. The van der Waals surface area contributed by atoms with Gasteiger partial charge < -0.3 is 19.0 Å². The van der Waals surface area contributed by atoms with Crippen molar-refractivity contribution in [2.45, 2.75) is 49.3 Å². The molecular weight excluding hydrogens is 615 g/mol. The highest BCUT2D eigenvalue weighted by atomic mass is 28.4. The summed E-state index contributed by atoms with van der Waals surface area (Å²) in [4.78, 5) is 26.9. The minimum absolute atomic E-state index is 0.114. The van der Waals surface area contributed by atoms with Crippen molar-refractivity contribution >= 4 is 8.32 Å². The zero-order chi connectivity index (χ0) is 33.0. The fourth-order valence-corrected chi connectivity index (χ4v) is 8.62. The highest BCUT2D eigenvalue weighted by Gasteiger charge is 2.50. The van der Waals surface area contributed by atoms with Gasteiger partial charge in [0.1, 0.15) is 23.9 Å². The Bertz CT molecular complexity index is 1790. The first-order valence-electron chi connectivity index (χ1n) is 15.5. The highest BCUT2D eigenvalue weighted by Crippen LogP contribution is 2.42. The smallest absolute Gasteiger partial charge is 0.330 e. The summed E-state index contributed by atoms with van der Waals surface area (Å²) >= 11 is 0. The Morgan fingerprint density at radius 3 is 1.83 bits per heavy atom. The van der Waals surface area contributed by atoms with E-state index in [9.17, 15) is 19.1 Å². The van der Waals surface area contributed by atoms with E-state index in [1.807, 2.05) is 139 Å². The number of aromatic amines is 1. The lowest BCUT2D eigenvalue weighted by molar-refractivity contribution is -0.0957. The molecule has 2 heterocycles. The number of aliphatic hydroxyl groups excluding tert-OH is 1. The first kappa shape index (κ1) is 32.5. The maximum atomic E-state index is 14.5. The molecule has 1 fully saturated rings. The summed E-state index contributed by atoms with van der Waals surface area (Å²) < 4.78 is 35.4. The van der Waals surface area contributed by atoms with Crippen LogP contribution in [0.5, 0.6) is 0 Å². The number of nitrogens with zero attached hydrogens (tertiary/aromatic N) is 1. The van der Waals surface area contributed by atoms with Gasteiger partial charge in [-0.15, -0.1) is 0 Å². The first-order chi connectivity index (χ1) is 22.7. The average Bonchev–Trinajstić information content (AvgIpc) is 3.38. The lowest BCUT2D eigenvalue weighted by atomic mass is 9.80. The molecule has 0 radical (unpaired) electrons. The lowest BCUT2D eigenvalue weighted by Gasteiger charge is -2.37. The van der Waals surface area contributed by atoms with Gasteiger partial charge in [-0.05, 0) is 41.4 Å². The predicted octanol–water partition coefficient (Wildman–Crippen LogP) is 5.31. The van der Waals surface area contributed by atoms with Crippen LogP contribution in [0.1, 0.15) is 28.5 Å². The number of rotatable bonds is 11. The molecular formula is C37H37FN2O6Si. The van der Waals surface area contributed by atoms with Crippen molar-refractivity contribution < 1.29 is 23.4 Å². The van der Waals surface area contributed by atoms with Crippen molar-refractivity contribution in [3.63, 3.8) is 0 Å². The Hall–Kier alpha value is -4.45. The van der Waals surface area contributed by atoms with Crippen LogP contribution in [0.2, 0.25) is 13.1 Å². The standard InChI is InChI=1S/C37H37FN2O6Si/c1-47(2,25-26-15-7-3-8-16-26)46-33-32(41)31(45-35(33)40-23-30(38)34(42)39-36(40)43)24-44-37(27-17-9-4-10-18-27,28-19-11-5-12-20-28)29-21-13-6-14-22-29/h3-23,31-33,35,41H,24-25H2,1-2H3,(H,39,42,43)/t31-,32?,33?,35-/m0/s1. The van der Waals surface area contributed by atoms with Crippen molar-refractivity contribution in [1.29, 1.82) is 0 Å². The molecule has 4 aromatic carbocycles. The lowest BCUT2D eigenvalue weighted by Crippen LogP contribution is -2.47. The highest BCUT2D eigenvalue weighted by molar-refractivity contribution is 6.70. The van der Waals surface area contributed by atoms with Crippen LogP contribution >= 0.6 is 0 Å². The number of ether oxygens (including phenoxy) is 2. The largest absolute Gasteiger partial charge is 0.407 e. The quantitative estimate of drug-likeness (QED) is 0.148. The fourth-order valence-electron chi connectivity index (χ4n) is 6.33. The van der Waals surface area contributed by atoms with Gasteiger partial charge in [0.15, 0.2) is 14.5 Å². The van der Waals surface area contributed by atoms with Crippen molar-refractivity contribution in [3.05, 3.63) is 176 Å². The van der Waals surface area contributed by atoms with Crippen molar-refractivity contribution in [2.75, 3.05) is 6.61 Å². The van der Waals surface area contributed by atoms with E-state index in [0.717, 1.165) is 33.0 Å². The first-order valence-corrected chi connectivity index (χ1v) is 18.7. The third-order valence-corrected chi connectivity index (χ3v) is 10.6. The van der Waals surface area contributed by atoms with E-state index in [1.54, 1.807) is 0 Å². The van der Waals surface area contributed by atoms with Gasteiger partial charge in [-0.2, -0.15) is 4.39 Å². The molecule has 10 heteroatoms. The third kappa shape index (κ3) is 6.83. The Balaban J connectivity index is 1.38. The molecule has 4 atom stereocenters. The molecule has 2 N–H and O–H groups in total. The van der Waals surface area contributed by atoms with Crippen molar-refractivity contribution in [3.8, 4) is 0 Å².